The van der Waals surface area contributed by atoms with Crippen LogP contribution in [0, 0.1) is 0 Å². The monoisotopic (exact) mass is 264 g/mol. The van der Waals surface area contributed by atoms with Crippen LogP contribution in [-0.4, -0.2) is 42.6 Å². The first-order valence-electron chi connectivity index (χ1n) is 6.69. The van der Waals surface area contributed by atoms with Crippen molar-refractivity contribution >= 4 is 11.8 Å². The topological polar surface area (TPSA) is 15.3 Å². The molecule has 0 bridgehead atoms. The number of rotatable bonds is 4. The molecule has 1 N–H and O–H groups in total. The summed E-state index contributed by atoms with van der Waals surface area (Å²) >= 11 is 1.94. The Morgan fingerprint density at radius 1 is 1.39 bits per heavy atom. The molecular formula is C15H24N2S. The minimum Gasteiger partial charge on any atom is -0.305 e. The zero-order valence-corrected chi connectivity index (χ0v) is 12.5. The van der Waals surface area contributed by atoms with Crippen LogP contribution in [0.5, 0.6) is 0 Å². The van der Waals surface area contributed by atoms with Crippen molar-refractivity contribution in [3.8, 4) is 0 Å². The third kappa shape index (κ3) is 3.08. The number of thioether (sulfide) groups is 1. The Morgan fingerprint density at radius 3 is 2.78 bits per heavy atom. The van der Waals surface area contributed by atoms with Gasteiger partial charge in [0.15, 0.2) is 0 Å². The molecule has 2 atom stereocenters. The van der Waals surface area contributed by atoms with Crippen LogP contribution in [0.4, 0.5) is 0 Å². The molecule has 3 heteroatoms. The predicted octanol–water partition coefficient (Wildman–Crippen LogP) is 2.56. The Bertz CT molecular complexity index is 368. The fourth-order valence-corrected chi connectivity index (χ4v) is 3.43. The van der Waals surface area contributed by atoms with Gasteiger partial charge in [-0.1, -0.05) is 30.3 Å². The van der Waals surface area contributed by atoms with Gasteiger partial charge >= 0.3 is 0 Å². The Kier molecular flexibility index (Phi) is 4.71. The Labute approximate surface area is 115 Å². The number of nitrogens with zero attached hydrogens (tertiary/aromatic N) is 1. The zero-order chi connectivity index (χ0) is 13.0. The van der Waals surface area contributed by atoms with Gasteiger partial charge in [0.1, 0.15) is 0 Å². The second kappa shape index (κ2) is 6.09. The molecule has 0 saturated carbocycles. The summed E-state index contributed by atoms with van der Waals surface area (Å²) < 4.78 is 0. The molecule has 1 saturated heterocycles. The average Bonchev–Trinajstić information content (AvgIpc) is 2.40. The molecule has 0 aliphatic carbocycles. The molecule has 1 aromatic rings. The average molecular weight is 264 g/mol. The van der Waals surface area contributed by atoms with Crippen molar-refractivity contribution in [1.29, 1.82) is 0 Å². The minimum atomic E-state index is 0.0895. The standard InChI is InChI=1S/C15H24N2S/c1-13(11-18-3)17-10-9-16-15(2,12-17)14-7-5-4-6-8-14/h4-8,13,16H,9-12H2,1-3H3. The van der Waals surface area contributed by atoms with Crippen LogP contribution in [0.15, 0.2) is 30.3 Å². The maximum absolute atomic E-state index is 3.69. The Balaban J connectivity index is 2.10. The molecule has 2 unspecified atom stereocenters. The van der Waals surface area contributed by atoms with Gasteiger partial charge in [0.05, 0.1) is 5.54 Å². The van der Waals surface area contributed by atoms with Crippen molar-refractivity contribution in [2.24, 2.45) is 0 Å². The van der Waals surface area contributed by atoms with Crippen molar-refractivity contribution in [2.75, 3.05) is 31.6 Å². The fraction of sp³-hybridized carbons (Fsp3) is 0.600. The fourth-order valence-electron chi connectivity index (χ4n) is 2.74. The van der Waals surface area contributed by atoms with Gasteiger partial charge in [-0.15, -0.1) is 0 Å². The van der Waals surface area contributed by atoms with Crippen LogP contribution < -0.4 is 5.32 Å². The lowest BCUT2D eigenvalue weighted by atomic mass is 9.89. The molecule has 0 radical (unpaired) electrons. The minimum absolute atomic E-state index is 0.0895. The summed E-state index contributed by atoms with van der Waals surface area (Å²) in [5, 5.41) is 3.69. The van der Waals surface area contributed by atoms with E-state index in [-0.39, 0.29) is 5.54 Å². The summed E-state index contributed by atoms with van der Waals surface area (Å²) in [6.07, 6.45) is 2.19. The van der Waals surface area contributed by atoms with Crippen LogP contribution in [0.1, 0.15) is 19.4 Å². The highest BCUT2D eigenvalue weighted by Crippen LogP contribution is 2.25. The van der Waals surface area contributed by atoms with Crippen LogP contribution in [0.3, 0.4) is 0 Å². The molecule has 1 aliphatic heterocycles. The number of hydrogen-bond donors (Lipinski definition) is 1. The van der Waals surface area contributed by atoms with Crippen molar-refractivity contribution in [1.82, 2.24) is 10.2 Å². The normalized spacial score (nSPS) is 27.1. The van der Waals surface area contributed by atoms with E-state index < -0.39 is 0 Å². The number of benzene rings is 1. The predicted molar refractivity (Wildman–Crippen MR) is 81.2 cm³/mol. The van der Waals surface area contributed by atoms with E-state index in [1.165, 1.54) is 11.3 Å². The van der Waals surface area contributed by atoms with E-state index in [0.717, 1.165) is 19.6 Å². The lowest BCUT2D eigenvalue weighted by Crippen LogP contribution is -2.58. The van der Waals surface area contributed by atoms with Gasteiger partial charge in [0, 0.05) is 31.4 Å². The van der Waals surface area contributed by atoms with Gasteiger partial charge in [-0.3, -0.25) is 4.90 Å². The van der Waals surface area contributed by atoms with Gasteiger partial charge in [-0.2, -0.15) is 11.8 Å². The number of nitrogens with one attached hydrogen (secondary N) is 1. The third-order valence-corrected chi connectivity index (χ3v) is 4.69. The zero-order valence-electron chi connectivity index (χ0n) is 11.6. The van der Waals surface area contributed by atoms with E-state index in [0.29, 0.717) is 6.04 Å². The molecule has 100 valence electrons. The van der Waals surface area contributed by atoms with Crippen molar-refractivity contribution in [3.63, 3.8) is 0 Å². The van der Waals surface area contributed by atoms with Crippen LogP contribution >= 0.6 is 11.8 Å². The third-order valence-electron chi connectivity index (χ3n) is 3.88. The lowest BCUT2D eigenvalue weighted by molar-refractivity contribution is 0.115. The molecule has 18 heavy (non-hydrogen) atoms. The highest BCUT2D eigenvalue weighted by atomic mass is 32.2. The molecule has 1 fully saturated rings. The van der Waals surface area contributed by atoms with E-state index >= 15 is 0 Å². The van der Waals surface area contributed by atoms with E-state index in [1.54, 1.807) is 0 Å². The summed E-state index contributed by atoms with van der Waals surface area (Å²) in [7, 11) is 0. The summed E-state index contributed by atoms with van der Waals surface area (Å²) in [4.78, 5) is 2.61. The van der Waals surface area contributed by atoms with E-state index in [2.05, 4.69) is 60.7 Å². The van der Waals surface area contributed by atoms with Gasteiger partial charge in [-0.25, -0.2) is 0 Å². The van der Waals surface area contributed by atoms with E-state index in [1.807, 2.05) is 11.8 Å². The first-order chi connectivity index (χ1) is 8.65. The highest BCUT2D eigenvalue weighted by Gasteiger charge is 2.33. The van der Waals surface area contributed by atoms with Gasteiger partial charge in [0.25, 0.3) is 0 Å². The largest absolute Gasteiger partial charge is 0.305 e. The molecule has 0 aromatic heterocycles. The van der Waals surface area contributed by atoms with Gasteiger partial charge in [0.2, 0.25) is 0 Å². The Morgan fingerprint density at radius 2 is 2.11 bits per heavy atom. The first-order valence-corrected chi connectivity index (χ1v) is 8.08. The van der Waals surface area contributed by atoms with E-state index in [9.17, 15) is 0 Å². The lowest BCUT2D eigenvalue weighted by Gasteiger charge is -2.44. The summed E-state index contributed by atoms with van der Waals surface area (Å²) in [5.74, 6) is 1.21. The summed E-state index contributed by atoms with van der Waals surface area (Å²) in [5.41, 5.74) is 1.48. The second-order valence-electron chi connectivity index (χ2n) is 5.40. The van der Waals surface area contributed by atoms with Crippen LogP contribution in [0.25, 0.3) is 0 Å². The number of hydrogen-bond acceptors (Lipinski definition) is 3. The maximum atomic E-state index is 3.69. The van der Waals surface area contributed by atoms with Crippen molar-refractivity contribution in [3.05, 3.63) is 35.9 Å². The van der Waals surface area contributed by atoms with E-state index in [4.69, 9.17) is 0 Å². The molecular weight excluding hydrogens is 240 g/mol. The summed E-state index contributed by atoms with van der Waals surface area (Å²) in [6.45, 7) is 7.99. The van der Waals surface area contributed by atoms with Crippen LogP contribution in [0.2, 0.25) is 0 Å². The molecule has 0 amide bonds. The molecule has 2 nitrogen and oxygen atoms in total. The van der Waals surface area contributed by atoms with Gasteiger partial charge in [-0.05, 0) is 25.7 Å². The molecule has 1 aromatic carbocycles. The first kappa shape index (κ1) is 13.9. The van der Waals surface area contributed by atoms with Crippen molar-refractivity contribution < 1.29 is 0 Å². The maximum Gasteiger partial charge on any atom is 0.0535 e. The van der Waals surface area contributed by atoms with Gasteiger partial charge < -0.3 is 5.32 Å². The quantitative estimate of drug-likeness (QED) is 0.900. The molecule has 1 heterocycles. The smallest absolute Gasteiger partial charge is 0.0535 e. The Hall–Kier alpha value is -0.510. The molecule has 0 spiro atoms. The number of piperazine rings is 1. The summed E-state index contributed by atoms with van der Waals surface area (Å²) in [6, 6.07) is 11.5. The second-order valence-corrected chi connectivity index (χ2v) is 6.31. The molecule has 2 rings (SSSR count). The SMILES string of the molecule is CSCC(C)N1CCNC(C)(c2ccccc2)C1. The molecule has 1 aliphatic rings. The van der Waals surface area contributed by atoms with Crippen LogP contribution in [-0.2, 0) is 5.54 Å². The highest BCUT2D eigenvalue weighted by molar-refractivity contribution is 7.98. The van der Waals surface area contributed by atoms with Crippen molar-refractivity contribution in [2.45, 2.75) is 25.4 Å².